The first-order valence-electron chi connectivity index (χ1n) is 11.6. The highest BCUT2D eigenvalue weighted by atomic mass is 35.5. The summed E-state index contributed by atoms with van der Waals surface area (Å²) < 4.78 is 0. The summed E-state index contributed by atoms with van der Waals surface area (Å²) in [6.45, 7) is 0.248. The monoisotopic (exact) mass is 573 g/mol. The van der Waals surface area contributed by atoms with Crippen molar-refractivity contribution in [3.05, 3.63) is 104 Å². The molecule has 4 rings (SSSR count). The second-order valence-electron chi connectivity index (χ2n) is 8.61. The summed E-state index contributed by atoms with van der Waals surface area (Å²) in [4.78, 5) is 51.7. The number of rotatable bonds is 7. The fourth-order valence-corrected chi connectivity index (χ4v) is 5.01. The number of carbonyl (C=O) groups excluding carboxylic acids is 3. The van der Waals surface area contributed by atoms with Gasteiger partial charge < -0.3 is 20.6 Å². The first kappa shape index (κ1) is 27.4. The first-order chi connectivity index (χ1) is 18.2. The van der Waals surface area contributed by atoms with Crippen LogP contribution in [0, 0.1) is 0 Å². The molecule has 8 nitrogen and oxygen atoms in total. The smallest absolute Gasteiger partial charge is 0.328 e. The van der Waals surface area contributed by atoms with Crippen LogP contribution in [0.3, 0.4) is 0 Å². The molecule has 0 spiro atoms. The SMILES string of the molecule is O=C(NC[C@H](NC(=O)c1c(Cl)cc2c(c1Cl)CCN(C(=O)c1ccc(Cl)cc1)C2)C(=O)O)c1ccccc1. The van der Waals surface area contributed by atoms with Gasteiger partial charge in [-0.25, -0.2) is 4.79 Å². The molecule has 3 N–H and O–H groups in total. The highest BCUT2D eigenvalue weighted by molar-refractivity contribution is 6.40. The van der Waals surface area contributed by atoms with Crippen molar-refractivity contribution in [1.29, 1.82) is 0 Å². The van der Waals surface area contributed by atoms with Gasteiger partial charge in [0.1, 0.15) is 6.04 Å². The quantitative estimate of drug-likeness (QED) is 0.385. The Hall–Kier alpha value is -3.59. The topological polar surface area (TPSA) is 116 Å². The van der Waals surface area contributed by atoms with Crippen LogP contribution in [0.15, 0.2) is 60.7 Å². The number of carboxylic acids is 1. The minimum Gasteiger partial charge on any atom is -0.480 e. The van der Waals surface area contributed by atoms with Crippen molar-refractivity contribution in [3.8, 4) is 0 Å². The molecule has 11 heteroatoms. The standard InChI is InChI=1S/C27H22Cl3N3O5/c28-18-8-6-16(7-9-18)26(36)33-11-10-19-17(14-33)12-20(29)22(23(19)30)25(35)32-21(27(37)38)13-31-24(34)15-4-2-1-3-5-15/h1-9,12,21H,10-11,13-14H2,(H,31,34)(H,32,35)(H,37,38)/t21-/m0/s1. The molecule has 0 aromatic heterocycles. The number of benzene rings is 3. The zero-order chi connectivity index (χ0) is 27.4. The predicted molar refractivity (Wildman–Crippen MR) is 144 cm³/mol. The Kier molecular flexibility index (Phi) is 8.56. The van der Waals surface area contributed by atoms with Gasteiger partial charge in [-0.05, 0) is 60.0 Å². The van der Waals surface area contributed by atoms with Gasteiger partial charge in [0.25, 0.3) is 17.7 Å². The van der Waals surface area contributed by atoms with E-state index in [1.807, 2.05) is 0 Å². The van der Waals surface area contributed by atoms with Gasteiger partial charge in [0, 0.05) is 35.8 Å². The van der Waals surface area contributed by atoms with Crippen LogP contribution < -0.4 is 10.6 Å². The molecular weight excluding hydrogens is 553 g/mol. The summed E-state index contributed by atoms with van der Waals surface area (Å²) in [6, 6.07) is 15.0. The lowest BCUT2D eigenvalue weighted by molar-refractivity contribution is -0.139. The Labute approximate surface area is 233 Å². The molecule has 0 radical (unpaired) electrons. The van der Waals surface area contributed by atoms with Gasteiger partial charge in [0.05, 0.1) is 15.6 Å². The molecule has 3 aromatic carbocycles. The minimum absolute atomic E-state index is 0.0181. The number of hydrogen-bond acceptors (Lipinski definition) is 4. The predicted octanol–water partition coefficient (Wildman–Crippen LogP) is 4.46. The van der Waals surface area contributed by atoms with Gasteiger partial charge in [-0.15, -0.1) is 0 Å². The minimum atomic E-state index is -1.43. The average molecular weight is 575 g/mol. The van der Waals surface area contributed by atoms with Crippen molar-refractivity contribution in [1.82, 2.24) is 15.5 Å². The molecule has 0 fully saturated rings. The maximum Gasteiger partial charge on any atom is 0.328 e. The number of nitrogens with one attached hydrogen (secondary N) is 2. The van der Waals surface area contributed by atoms with E-state index in [4.69, 9.17) is 34.8 Å². The Morgan fingerprint density at radius 1 is 0.921 bits per heavy atom. The third-order valence-corrected chi connectivity index (χ3v) is 7.08. The van der Waals surface area contributed by atoms with Gasteiger partial charge in [0.15, 0.2) is 0 Å². The summed E-state index contributed by atoms with van der Waals surface area (Å²) in [5, 5.41) is 15.1. The largest absolute Gasteiger partial charge is 0.480 e. The van der Waals surface area contributed by atoms with Crippen molar-refractivity contribution in [2.75, 3.05) is 13.1 Å². The zero-order valence-electron chi connectivity index (χ0n) is 19.8. The number of aliphatic carboxylic acids is 1. The second-order valence-corrected chi connectivity index (χ2v) is 9.83. The van der Waals surface area contributed by atoms with E-state index < -0.39 is 23.8 Å². The van der Waals surface area contributed by atoms with E-state index >= 15 is 0 Å². The second kappa shape index (κ2) is 11.9. The van der Waals surface area contributed by atoms with E-state index in [1.54, 1.807) is 65.6 Å². The molecule has 0 saturated carbocycles. The highest BCUT2D eigenvalue weighted by Gasteiger charge is 2.29. The Bertz CT molecular complexity index is 1400. The van der Waals surface area contributed by atoms with Crippen LogP contribution in [-0.4, -0.2) is 52.8 Å². The maximum atomic E-state index is 13.1. The summed E-state index contributed by atoms with van der Waals surface area (Å²) >= 11 is 18.9. The van der Waals surface area contributed by atoms with E-state index in [0.29, 0.717) is 40.2 Å². The molecule has 1 aliphatic heterocycles. The zero-order valence-corrected chi connectivity index (χ0v) is 22.1. The first-order valence-corrected chi connectivity index (χ1v) is 12.7. The van der Waals surface area contributed by atoms with Crippen molar-refractivity contribution in [3.63, 3.8) is 0 Å². The Balaban J connectivity index is 1.47. The number of halogens is 3. The van der Waals surface area contributed by atoms with Crippen LogP contribution in [0.4, 0.5) is 0 Å². The number of carbonyl (C=O) groups is 4. The van der Waals surface area contributed by atoms with E-state index in [-0.39, 0.29) is 34.6 Å². The molecule has 1 aliphatic rings. The summed E-state index contributed by atoms with van der Waals surface area (Å²) in [6.07, 6.45) is 0.375. The lowest BCUT2D eigenvalue weighted by atomic mass is 9.96. The molecule has 0 aliphatic carbocycles. The van der Waals surface area contributed by atoms with Gasteiger partial charge in [-0.3, -0.25) is 14.4 Å². The molecule has 3 amide bonds. The number of carboxylic acid groups (broad SMARTS) is 1. The van der Waals surface area contributed by atoms with E-state index in [2.05, 4.69) is 10.6 Å². The van der Waals surface area contributed by atoms with E-state index in [9.17, 15) is 24.3 Å². The highest BCUT2D eigenvalue weighted by Crippen LogP contribution is 2.35. The normalized spacial score (nSPS) is 13.3. The van der Waals surface area contributed by atoms with Crippen LogP contribution in [0.5, 0.6) is 0 Å². The van der Waals surface area contributed by atoms with Crippen LogP contribution in [0.25, 0.3) is 0 Å². The number of hydrogen-bond donors (Lipinski definition) is 3. The molecule has 196 valence electrons. The third kappa shape index (κ3) is 6.10. The average Bonchev–Trinajstić information content (AvgIpc) is 2.90. The molecule has 1 atom stereocenters. The lowest BCUT2D eigenvalue weighted by Gasteiger charge is -2.30. The van der Waals surface area contributed by atoms with Crippen molar-refractivity contribution in [2.24, 2.45) is 0 Å². The van der Waals surface area contributed by atoms with Crippen LogP contribution in [0.1, 0.15) is 42.2 Å². The van der Waals surface area contributed by atoms with Gasteiger partial charge in [0.2, 0.25) is 0 Å². The van der Waals surface area contributed by atoms with Crippen molar-refractivity contribution < 1.29 is 24.3 Å². The Morgan fingerprint density at radius 2 is 1.61 bits per heavy atom. The third-order valence-electron chi connectivity index (χ3n) is 6.12. The number of fused-ring (bicyclic) bond motifs is 1. The van der Waals surface area contributed by atoms with Gasteiger partial charge in [-0.2, -0.15) is 0 Å². The van der Waals surface area contributed by atoms with E-state index in [1.165, 1.54) is 0 Å². The van der Waals surface area contributed by atoms with Crippen LogP contribution >= 0.6 is 34.8 Å². The van der Waals surface area contributed by atoms with Gasteiger partial charge >= 0.3 is 5.97 Å². The van der Waals surface area contributed by atoms with Crippen molar-refractivity contribution in [2.45, 2.75) is 19.0 Å². The summed E-state index contributed by atoms with van der Waals surface area (Å²) in [5.41, 5.74) is 2.13. The molecule has 0 bridgehead atoms. The molecule has 38 heavy (non-hydrogen) atoms. The molecule has 0 unspecified atom stereocenters. The molecule has 1 heterocycles. The summed E-state index contributed by atoms with van der Waals surface area (Å²) in [5.74, 6) is -2.78. The maximum absolute atomic E-state index is 13.1. The molecule has 3 aromatic rings. The molecular formula is C27H22Cl3N3O5. The summed E-state index contributed by atoms with van der Waals surface area (Å²) in [7, 11) is 0. The fourth-order valence-electron chi connectivity index (χ4n) is 4.13. The van der Waals surface area contributed by atoms with E-state index in [0.717, 1.165) is 0 Å². The molecule has 0 saturated heterocycles. The van der Waals surface area contributed by atoms with Crippen LogP contribution in [0.2, 0.25) is 15.1 Å². The lowest BCUT2D eigenvalue weighted by Crippen LogP contribution is -2.48. The number of amides is 3. The Morgan fingerprint density at radius 3 is 2.26 bits per heavy atom. The van der Waals surface area contributed by atoms with Crippen molar-refractivity contribution >= 4 is 58.5 Å². The fraction of sp³-hybridized carbons (Fsp3) is 0.185. The number of nitrogens with zero attached hydrogens (tertiary/aromatic N) is 1. The van der Waals surface area contributed by atoms with Gasteiger partial charge in [-0.1, -0.05) is 53.0 Å². The van der Waals surface area contributed by atoms with Crippen LogP contribution in [-0.2, 0) is 17.8 Å².